The molecule has 2 heteroatoms. The highest BCUT2D eigenvalue weighted by molar-refractivity contribution is 5.07. The van der Waals surface area contributed by atoms with E-state index in [1.54, 1.807) is 0 Å². The molecule has 0 bridgehead atoms. The largest absolute Gasteiger partial charge is 0.319 e. The molecular formula is C15H32N2. The zero-order valence-electron chi connectivity index (χ0n) is 12.6. The van der Waals surface area contributed by atoms with Crippen LogP contribution in [0.5, 0.6) is 0 Å². The van der Waals surface area contributed by atoms with Crippen LogP contribution in [0.15, 0.2) is 12.2 Å². The van der Waals surface area contributed by atoms with Crippen molar-refractivity contribution in [1.29, 1.82) is 0 Å². The van der Waals surface area contributed by atoms with Crippen LogP contribution in [0.1, 0.15) is 39.5 Å². The Kier molecular flexibility index (Phi) is 9.47. The summed E-state index contributed by atoms with van der Waals surface area (Å²) in [6, 6.07) is 0. The average molecular weight is 240 g/mol. The lowest BCUT2D eigenvalue weighted by atomic mass is 9.84. The molecule has 2 unspecified atom stereocenters. The van der Waals surface area contributed by atoms with Crippen LogP contribution in [-0.4, -0.2) is 39.1 Å². The Bertz CT molecular complexity index is 199. The number of nitrogens with one attached hydrogen (secondary N) is 1. The Hall–Kier alpha value is -0.340. The van der Waals surface area contributed by atoms with Crippen LogP contribution < -0.4 is 5.32 Å². The summed E-state index contributed by atoms with van der Waals surface area (Å²) in [6.07, 6.45) is 5.07. The van der Waals surface area contributed by atoms with E-state index >= 15 is 0 Å². The van der Waals surface area contributed by atoms with Gasteiger partial charge in [-0.15, -0.1) is 0 Å². The summed E-state index contributed by atoms with van der Waals surface area (Å²) in [7, 11) is 6.35. The zero-order chi connectivity index (χ0) is 13.3. The van der Waals surface area contributed by atoms with Crippen molar-refractivity contribution in [1.82, 2.24) is 10.2 Å². The van der Waals surface area contributed by atoms with Crippen LogP contribution in [0.4, 0.5) is 0 Å². The Labute approximate surface area is 108 Å². The normalized spacial score (nSPS) is 14.9. The maximum absolute atomic E-state index is 4.38. The zero-order valence-corrected chi connectivity index (χ0v) is 12.6. The third kappa shape index (κ3) is 6.85. The number of nitrogens with zero attached hydrogens (tertiary/aromatic N) is 1. The third-order valence-corrected chi connectivity index (χ3v) is 3.48. The van der Waals surface area contributed by atoms with Crippen molar-refractivity contribution in [2.45, 2.75) is 39.5 Å². The van der Waals surface area contributed by atoms with Crippen LogP contribution >= 0.6 is 0 Å². The van der Waals surface area contributed by atoms with Crippen LogP contribution in [0.2, 0.25) is 0 Å². The maximum Gasteiger partial charge on any atom is 0.00409 e. The molecular weight excluding hydrogens is 208 g/mol. The molecule has 17 heavy (non-hydrogen) atoms. The first kappa shape index (κ1) is 16.7. The van der Waals surface area contributed by atoms with E-state index in [1.165, 1.54) is 31.3 Å². The smallest absolute Gasteiger partial charge is 0.00409 e. The van der Waals surface area contributed by atoms with Crippen LogP contribution in [-0.2, 0) is 0 Å². The summed E-state index contributed by atoms with van der Waals surface area (Å²) in [6.45, 7) is 11.1. The lowest BCUT2D eigenvalue weighted by Crippen LogP contribution is -2.29. The van der Waals surface area contributed by atoms with Gasteiger partial charge >= 0.3 is 0 Å². The number of unbranched alkanes of at least 4 members (excludes halogenated alkanes) is 1. The second-order valence-electron chi connectivity index (χ2n) is 5.34. The fraction of sp³-hybridized carbons (Fsp3) is 0.867. The predicted octanol–water partition coefficient (Wildman–Crippen LogP) is 3.16. The summed E-state index contributed by atoms with van der Waals surface area (Å²) < 4.78 is 0. The summed E-state index contributed by atoms with van der Waals surface area (Å²) in [5, 5.41) is 3.29. The minimum absolute atomic E-state index is 0.627. The van der Waals surface area contributed by atoms with Gasteiger partial charge in [0.15, 0.2) is 0 Å². The molecule has 0 aliphatic carbocycles. The van der Waals surface area contributed by atoms with Crippen molar-refractivity contribution in [3.8, 4) is 0 Å². The fourth-order valence-corrected chi connectivity index (χ4v) is 2.40. The molecule has 2 nitrogen and oxygen atoms in total. The van der Waals surface area contributed by atoms with Gasteiger partial charge in [0.2, 0.25) is 0 Å². The first-order valence-corrected chi connectivity index (χ1v) is 7.04. The van der Waals surface area contributed by atoms with Gasteiger partial charge in [-0.3, -0.25) is 0 Å². The Morgan fingerprint density at radius 3 is 2.29 bits per heavy atom. The first-order chi connectivity index (χ1) is 8.06. The van der Waals surface area contributed by atoms with Crippen molar-refractivity contribution >= 4 is 0 Å². The molecule has 0 saturated heterocycles. The highest BCUT2D eigenvalue weighted by Crippen LogP contribution is 2.26. The van der Waals surface area contributed by atoms with E-state index in [0.717, 1.165) is 13.1 Å². The minimum Gasteiger partial charge on any atom is -0.319 e. The van der Waals surface area contributed by atoms with Crippen LogP contribution in [0, 0.1) is 11.8 Å². The van der Waals surface area contributed by atoms with Gasteiger partial charge in [0.25, 0.3) is 0 Å². The minimum atomic E-state index is 0.627. The highest BCUT2D eigenvalue weighted by Gasteiger charge is 2.19. The second kappa shape index (κ2) is 9.67. The van der Waals surface area contributed by atoms with Gasteiger partial charge in [-0.25, -0.2) is 0 Å². The molecule has 0 spiro atoms. The topological polar surface area (TPSA) is 15.3 Å². The van der Waals surface area contributed by atoms with Crippen molar-refractivity contribution in [3.05, 3.63) is 12.2 Å². The standard InChI is InChI=1S/C15H32N2/c1-7-9-10-15(12-17(5)6)13(3)14(8-2)11-16-4/h14-16H,3,7-12H2,1-2,4-6H3. The Morgan fingerprint density at radius 1 is 1.24 bits per heavy atom. The van der Waals surface area contributed by atoms with E-state index in [0.29, 0.717) is 11.8 Å². The van der Waals surface area contributed by atoms with Crippen molar-refractivity contribution in [2.75, 3.05) is 34.2 Å². The molecule has 2 atom stereocenters. The van der Waals surface area contributed by atoms with Crippen molar-refractivity contribution in [2.24, 2.45) is 11.8 Å². The molecule has 0 rings (SSSR count). The lowest BCUT2D eigenvalue weighted by Gasteiger charge is -2.28. The molecule has 0 heterocycles. The molecule has 0 aliphatic heterocycles. The van der Waals surface area contributed by atoms with E-state index in [1.807, 2.05) is 7.05 Å². The van der Waals surface area contributed by atoms with Crippen LogP contribution in [0.25, 0.3) is 0 Å². The lowest BCUT2D eigenvalue weighted by molar-refractivity contribution is 0.316. The van der Waals surface area contributed by atoms with Gasteiger partial charge in [-0.05, 0) is 45.8 Å². The van der Waals surface area contributed by atoms with Crippen molar-refractivity contribution in [3.63, 3.8) is 0 Å². The first-order valence-electron chi connectivity index (χ1n) is 7.04. The Morgan fingerprint density at radius 2 is 1.88 bits per heavy atom. The van der Waals surface area contributed by atoms with Crippen LogP contribution in [0.3, 0.4) is 0 Å². The molecule has 0 amide bonds. The number of rotatable bonds is 10. The number of hydrogen-bond acceptors (Lipinski definition) is 2. The average Bonchev–Trinajstić information content (AvgIpc) is 2.30. The summed E-state index contributed by atoms with van der Waals surface area (Å²) >= 11 is 0. The van der Waals surface area contributed by atoms with Gasteiger partial charge in [0.1, 0.15) is 0 Å². The van der Waals surface area contributed by atoms with Gasteiger partial charge in [0, 0.05) is 13.1 Å². The predicted molar refractivity (Wildman–Crippen MR) is 78.4 cm³/mol. The molecule has 0 fully saturated rings. The van der Waals surface area contributed by atoms with Crippen molar-refractivity contribution < 1.29 is 0 Å². The SMILES string of the molecule is C=C(C(CC)CNC)C(CCCC)CN(C)C. The van der Waals surface area contributed by atoms with E-state index < -0.39 is 0 Å². The quantitative estimate of drug-likeness (QED) is 0.590. The Balaban J connectivity index is 4.46. The van der Waals surface area contributed by atoms with Gasteiger partial charge in [-0.1, -0.05) is 38.8 Å². The highest BCUT2D eigenvalue weighted by atomic mass is 15.1. The molecule has 0 aromatic heterocycles. The molecule has 0 saturated carbocycles. The van der Waals surface area contributed by atoms with E-state index in [4.69, 9.17) is 0 Å². The van der Waals surface area contributed by atoms with Gasteiger partial charge < -0.3 is 10.2 Å². The van der Waals surface area contributed by atoms with E-state index in [-0.39, 0.29) is 0 Å². The molecule has 0 aromatic rings. The fourth-order valence-electron chi connectivity index (χ4n) is 2.40. The van der Waals surface area contributed by atoms with E-state index in [2.05, 4.69) is 44.7 Å². The second-order valence-corrected chi connectivity index (χ2v) is 5.34. The molecule has 0 aromatic carbocycles. The summed E-state index contributed by atoms with van der Waals surface area (Å²) in [5.41, 5.74) is 1.45. The van der Waals surface area contributed by atoms with Gasteiger partial charge in [0.05, 0.1) is 0 Å². The molecule has 102 valence electrons. The molecule has 1 N–H and O–H groups in total. The molecule has 0 aliphatic rings. The summed E-state index contributed by atoms with van der Waals surface area (Å²) in [5.74, 6) is 1.28. The summed E-state index contributed by atoms with van der Waals surface area (Å²) in [4.78, 5) is 2.29. The van der Waals surface area contributed by atoms with E-state index in [9.17, 15) is 0 Å². The molecule has 0 radical (unpaired) electrons. The third-order valence-electron chi connectivity index (χ3n) is 3.48. The monoisotopic (exact) mass is 240 g/mol. The van der Waals surface area contributed by atoms with Gasteiger partial charge in [-0.2, -0.15) is 0 Å². The number of hydrogen-bond donors (Lipinski definition) is 1. The maximum atomic E-state index is 4.38.